The molecule has 2 nitrogen and oxygen atoms in total. The van der Waals surface area contributed by atoms with Crippen molar-refractivity contribution in [2.24, 2.45) is 5.92 Å². The van der Waals surface area contributed by atoms with Crippen molar-refractivity contribution in [2.75, 3.05) is 6.61 Å². The highest BCUT2D eigenvalue weighted by Crippen LogP contribution is 2.25. The van der Waals surface area contributed by atoms with Crippen LogP contribution in [0, 0.1) is 5.92 Å². The first-order chi connectivity index (χ1) is 7.40. The molecule has 0 saturated heterocycles. The van der Waals surface area contributed by atoms with Gasteiger partial charge in [-0.05, 0) is 24.3 Å². The summed E-state index contributed by atoms with van der Waals surface area (Å²) in [6.07, 6.45) is 3.62. The lowest BCUT2D eigenvalue weighted by Gasteiger charge is -2.18. The summed E-state index contributed by atoms with van der Waals surface area (Å²) in [7, 11) is 0. The van der Waals surface area contributed by atoms with E-state index in [1.165, 1.54) is 24.8 Å². The molecule has 2 rings (SSSR count). The molecule has 1 fully saturated rings. The van der Waals surface area contributed by atoms with E-state index in [9.17, 15) is 5.11 Å². The summed E-state index contributed by atoms with van der Waals surface area (Å²) < 4.78 is 0. The van der Waals surface area contributed by atoms with Gasteiger partial charge in [0.2, 0.25) is 0 Å². The van der Waals surface area contributed by atoms with Crippen LogP contribution in [0.5, 0.6) is 0 Å². The Bertz CT molecular complexity index is 286. The number of benzene rings is 1. The molecule has 15 heavy (non-hydrogen) atoms. The number of hydrogen-bond acceptors (Lipinski definition) is 2. The molecule has 1 saturated carbocycles. The highest BCUT2D eigenvalue weighted by molar-refractivity contribution is 5.14. The topological polar surface area (TPSA) is 32.3 Å². The normalized spacial score (nSPS) is 25.7. The van der Waals surface area contributed by atoms with Gasteiger partial charge in [0.1, 0.15) is 0 Å². The average molecular weight is 205 g/mol. The monoisotopic (exact) mass is 205 g/mol. The predicted octanol–water partition coefficient (Wildman–Crippen LogP) is 1.94. The molecule has 1 aliphatic carbocycles. The summed E-state index contributed by atoms with van der Waals surface area (Å²) in [6.45, 7) is 1.24. The van der Waals surface area contributed by atoms with Gasteiger partial charge < -0.3 is 10.4 Å². The number of aliphatic hydroxyl groups excluding tert-OH is 1. The first kappa shape index (κ1) is 10.7. The maximum absolute atomic E-state index is 9.19. The van der Waals surface area contributed by atoms with Crippen molar-refractivity contribution < 1.29 is 5.11 Å². The summed E-state index contributed by atoms with van der Waals surface area (Å²) in [5, 5.41) is 12.7. The molecule has 0 bridgehead atoms. The molecule has 1 aromatic carbocycles. The van der Waals surface area contributed by atoms with Crippen LogP contribution in [0.2, 0.25) is 0 Å². The second kappa shape index (κ2) is 5.29. The zero-order chi connectivity index (χ0) is 10.5. The van der Waals surface area contributed by atoms with Crippen LogP contribution in [0.4, 0.5) is 0 Å². The Morgan fingerprint density at radius 1 is 1.20 bits per heavy atom. The van der Waals surface area contributed by atoms with Crippen LogP contribution < -0.4 is 5.32 Å². The fourth-order valence-corrected chi connectivity index (χ4v) is 2.37. The molecule has 2 atom stereocenters. The second-order valence-electron chi connectivity index (χ2n) is 4.35. The van der Waals surface area contributed by atoms with Gasteiger partial charge in [-0.15, -0.1) is 0 Å². The summed E-state index contributed by atoms with van der Waals surface area (Å²) in [6, 6.07) is 10.9. The minimum absolute atomic E-state index is 0.326. The van der Waals surface area contributed by atoms with E-state index in [1.54, 1.807) is 0 Å². The Morgan fingerprint density at radius 3 is 2.73 bits per heavy atom. The van der Waals surface area contributed by atoms with E-state index in [4.69, 9.17) is 0 Å². The summed E-state index contributed by atoms with van der Waals surface area (Å²) >= 11 is 0. The lowest BCUT2D eigenvalue weighted by atomic mass is 10.0. The van der Waals surface area contributed by atoms with Gasteiger partial charge in [0.15, 0.2) is 0 Å². The number of hydrogen-bond donors (Lipinski definition) is 2. The minimum Gasteiger partial charge on any atom is -0.396 e. The first-order valence-electron chi connectivity index (χ1n) is 5.78. The number of nitrogens with one attached hydrogen (secondary N) is 1. The Morgan fingerprint density at radius 2 is 2.00 bits per heavy atom. The minimum atomic E-state index is 0.326. The molecule has 0 aliphatic heterocycles. The largest absolute Gasteiger partial charge is 0.396 e. The smallest absolute Gasteiger partial charge is 0.0474 e. The van der Waals surface area contributed by atoms with E-state index < -0.39 is 0 Å². The fourth-order valence-electron chi connectivity index (χ4n) is 2.37. The molecular formula is C13H19NO. The van der Waals surface area contributed by atoms with Crippen LogP contribution in [-0.4, -0.2) is 17.8 Å². The maximum atomic E-state index is 9.19. The van der Waals surface area contributed by atoms with Crippen LogP contribution in [0.15, 0.2) is 30.3 Å². The molecule has 0 spiro atoms. The van der Waals surface area contributed by atoms with Gasteiger partial charge >= 0.3 is 0 Å². The molecule has 0 radical (unpaired) electrons. The van der Waals surface area contributed by atoms with E-state index >= 15 is 0 Å². The number of aliphatic hydroxyl groups is 1. The third-order valence-corrected chi connectivity index (χ3v) is 3.30. The van der Waals surface area contributed by atoms with E-state index in [2.05, 4.69) is 29.6 Å². The molecule has 0 heterocycles. The van der Waals surface area contributed by atoms with E-state index in [-0.39, 0.29) is 0 Å². The average Bonchev–Trinajstić information content (AvgIpc) is 2.75. The van der Waals surface area contributed by atoms with Crippen LogP contribution in [0.25, 0.3) is 0 Å². The molecule has 2 heteroatoms. The molecule has 1 aromatic rings. The zero-order valence-corrected chi connectivity index (χ0v) is 9.02. The Balaban J connectivity index is 1.83. The van der Waals surface area contributed by atoms with Crippen molar-refractivity contribution in [2.45, 2.75) is 31.8 Å². The van der Waals surface area contributed by atoms with Crippen LogP contribution in [0.3, 0.4) is 0 Å². The highest BCUT2D eigenvalue weighted by atomic mass is 16.3. The van der Waals surface area contributed by atoms with E-state index in [1.807, 2.05) is 6.07 Å². The van der Waals surface area contributed by atoms with Crippen LogP contribution in [0.1, 0.15) is 24.8 Å². The molecule has 2 unspecified atom stereocenters. The van der Waals surface area contributed by atoms with Gasteiger partial charge in [0, 0.05) is 19.2 Å². The lowest BCUT2D eigenvalue weighted by Crippen LogP contribution is -2.33. The molecule has 2 N–H and O–H groups in total. The SMILES string of the molecule is OCC1CCCC1NCc1ccccc1. The van der Waals surface area contributed by atoms with Crippen molar-refractivity contribution in [1.29, 1.82) is 0 Å². The predicted molar refractivity (Wildman–Crippen MR) is 61.5 cm³/mol. The van der Waals surface area contributed by atoms with Gasteiger partial charge in [0.25, 0.3) is 0 Å². The van der Waals surface area contributed by atoms with Gasteiger partial charge in [-0.1, -0.05) is 36.8 Å². The molecule has 1 aliphatic rings. The van der Waals surface area contributed by atoms with Gasteiger partial charge in [-0.25, -0.2) is 0 Å². The quantitative estimate of drug-likeness (QED) is 0.787. The zero-order valence-electron chi connectivity index (χ0n) is 9.02. The Labute approximate surface area is 91.3 Å². The van der Waals surface area contributed by atoms with Crippen molar-refractivity contribution in [3.05, 3.63) is 35.9 Å². The first-order valence-corrected chi connectivity index (χ1v) is 5.78. The van der Waals surface area contributed by atoms with Gasteiger partial charge in [0.05, 0.1) is 0 Å². The highest BCUT2D eigenvalue weighted by Gasteiger charge is 2.25. The van der Waals surface area contributed by atoms with Crippen LogP contribution >= 0.6 is 0 Å². The molecular weight excluding hydrogens is 186 g/mol. The van der Waals surface area contributed by atoms with Crippen molar-refractivity contribution in [3.63, 3.8) is 0 Å². The lowest BCUT2D eigenvalue weighted by molar-refractivity contribution is 0.205. The van der Waals surface area contributed by atoms with Crippen molar-refractivity contribution in [3.8, 4) is 0 Å². The fraction of sp³-hybridized carbons (Fsp3) is 0.538. The van der Waals surface area contributed by atoms with E-state index in [0.717, 1.165) is 6.54 Å². The van der Waals surface area contributed by atoms with Gasteiger partial charge in [-0.2, -0.15) is 0 Å². The van der Waals surface area contributed by atoms with Gasteiger partial charge in [-0.3, -0.25) is 0 Å². The van der Waals surface area contributed by atoms with Crippen molar-refractivity contribution in [1.82, 2.24) is 5.32 Å². The third kappa shape index (κ3) is 2.80. The molecule has 0 aromatic heterocycles. The Kier molecular flexibility index (Phi) is 3.75. The molecule has 0 amide bonds. The third-order valence-electron chi connectivity index (χ3n) is 3.30. The Hall–Kier alpha value is -0.860. The van der Waals surface area contributed by atoms with Crippen molar-refractivity contribution >= 4 is 0 Å². The summed E-state index contributed by atoms with van der Waals surface area (Å²) in [5.74, 6) is 0.466. The van der Waals surface area contributed by atoms with E-state index in [0.29, 0.717) is 18.6 Å². The van der Waals surface area contributed by atoms with Crippen LogP contribution in [-0.2, 0) is 6.54 Å². The summed E-state index contributed by atoms with van der Waals surface area (Å²) in [5.41, 5.74) is 1.32. The second-order valence-corrected chi connectivity index (χ2v) is 4.35. The summed E-state index contributed by atoms with van der Waals surface area (Å²) in [4.78, 5) is 0. The number of rotatable bonds is 4. The maximum Gasteiger partial charge on any atom is 0.0474 e. The standard InChI is InChI=1S/C13H19NO/c15-10-12-7-4-8-13(12)14-9-11-5-2-1-3-6-11/h1-3,5-6,12-15H,4,7-10H2. The molecule has 82 valence electrons.